The van der Waals surface area contributed by atoms with Crippen molar-refractivity contribution in [2.24, 2.45) is 11.8 Å². The zero-order chi connectivity index (χ0) is 15.7. The van der Waals surface area contributed by atoms with Crippen LogP contribution in [0.1, 0.15) is 30.6 Å². The lowest BCUT2D eigenvalue weighted by molar-refractivity contribution is -0.384. The smallest absolute Gasteiger partial charge is 0.278 e. The molecule has 2 rings (SSSR count). The first kappa shape index (κ1) is 15.4. The predicted molar refractivity (Wildman–Crippen MR) is 77.1 cm³/mol. The molecule has 1 saturated heterocycles. The number of nitro groups is 1. The first-order valence-electron chi connectivity index (χ1n) is 6.60. The van der Waals surface area contributed by atoms with E-state index in [4.69, 9.17) is 11.6 Å². The Morgan fingerprint density at radius 3 is 2.67 bits per heavy atom. The minimum absolute atomic E-state index is 0.0376. The molecule has 0 aromatic heterocycles. The van der Waals surface area contributed by atoms with Crippen molar-refractivity contribution in [2.45, 2.75) is 20.3 Å². The fraction of sp³-hybridized carbons (Fsp3) is 0.429. The zero-order valence-corrected chi connectivity index (χ0v) is 12.5. The van der Waals surface area contributed by atoms with Crippen LogP contribution >= 0.6 is 11.6 Å². The largest absolute Gasteiger partial charge is 0.288 e. The SMILES string of the molecule is CC(C)C1CC(=O)N(C(=O)c2ccc(Cl)c([N+](=O)[O-])c2)C1. The van der Waals surface area contributed by atoms with Gasteiger partial charge >= 0.3 is 0 Å². The quantitative estimate of drug-likeness (QED) is 0.488. The summed E-state index contributed by atoms with van der Waals surface area (Å²) in [6.45, 7) is 4.35. The van der Waals surface area contributed by atoms with E-state index in [0.717, 1.165) is 11.0 Å². The lowest BCUT2D eigenvalue weighted by Crippen LogP contribution is -2.32. The van der Waals surface area contributed by atoms with Gasteiger partial charge in [0.2, 0.25) is 5.91 Å². The van der Waals surface area contributed by atoms with Gasteiger partial charge in [0.15, 0.2) is 0 Å². The maximum absolute atomic E-state index is 12.4. The maximum Gasteiger partial charge on any atom is 0.288 e. The predicted octanol–water partition coefficient (Wildman–Crippen LogP) is 2.89. The Morgan fingerprint density at radius 1 is 1.48 bits per heavy atom. The fourth-order valence-electron chi connectivity index (χ4n) is 2.32. The van der Waals surface area contributed by atoms with Crippen LogP contribution in [0.2, 0.25) is 5.02 Å². The monoisotopic (exact) mass is 310 g/mol. The number of carbonyl (C=O) groups is 2. The molecule has 0 bridgehead atoms. The lowest BCUT2D eigenvalue weighted by atomic mass is 9.95. The molecule has 0 saturated carbocycles. The third-order valence-corrected chi connectivity index (χ3v) is 4.05. The van der Waals surface area contributed by atoms with E-state index in [1.165, 1.54) is 12.1 Å². The number of nitro benzene ring substituents is 1. The number of carbonyl (C=O) groups excluding carboxylic acids is 2. The second-order valence-electron chi connectivity index (χ2n) is 5.44. The Hall–Kier alpha value is -1.95. The Bertz CT molecular complexity index is 615. The first-order valence-corrected chi connectivity index (χ1v) is 6.97. The summed E-state index contributed by atoms with van der Waals surface area (Å²) < 4.78 is 0. The van der Waals surface area contributed by atoms with Gasteiger partial charge in [-0.05, 0) is 24.0 Å². The summed E-state index contributed by atoms with van der Waals surface area (Å²) in [4.78, 5) is 35.7. The molecule has 1 fully saturated rings. The van der Waals surface area contributed by atoms with E-state index in [2.05, 4.69) is 0 Å². The number of amides is 2. The first-order chi connectivity index (χ1) is 9.81. The average molecular weight is 311 g/mol. The lowest BCUT2D eigenvalue weighted by Gasteiger charge is -2.16. The van der Waals surface area contributed by atoms with Crippen LogP contribution in [0, 0.1) is 22.0 Å². The Kier molecular flexibility index (Phi) is 4.27. The molecule has 7 heteroatoms. The number of hydrogen-bond donors (Lipinski definition) is 0. The van der Waals surface area contributed by atoms with Gasteiger partial charge < -0.3 is 0 Å². The molecular weight excluding hydrogens is 296 g/mol. The van der Waals surface area contributed by atoms with Gasteiger partial charge in [-0.25, -0.2) is 0 Å². The van der Waals surface area contributed by atoms with Crippen molar-refractivity contribution in [3.05, 3.63) is 38.9 Å². The molecule has 1 heterocycles. The van der Waals surface area contributed by atoms with E-state index >= 15 is 0 Å². The molecule has 1 aromatic rings. The van der Waals surface area contributed by atoms with E-state index in [1.807, 2.05) is 13.8 Å². The van der Waals surface area contributed by atoms with E-state index in [9.17, 15) is 19.7 Å². The summed E-state index contributed by atoms with van der Waals surface area (Å²) in [5.74, 6) is -0.325. The number of nitrogens with zero attached hydrogens (tertiary/aromatic N) is 2. The maximum atomic E-state index is 12.4. The molecule has 1 atom stereocenters. The van der Waals surface area contributed by atoms with Crippen LogP contribution < -0.4 is 0 Å². The number of imide groups is 1. The molecule has 1 aliphatic heterocycles. The molecule has 21 heavy (non-hydrogen) atoms. The van der Waals surface area contributed by atoms with Crippen LogP contribution in [0.5, 0.6) is 0 Å². The van der Waals surface area contributed by atoms with E-state index in [1.54, 1.807) is 0 Å². The third-order valence-electron chi connectivity index (χ3n) is 3.73. The third kappa shape index (κ3) is 3.05. The van der Waals surface area contributed by atoms with Crippen LogP contribution in [0.4, 0.5) is 5.69 Å². The molecule has 1 unspecified atom stereocenters. The van der Waals surface area contributed by atoms with Gasteiger partial charge in [-0.3, -0.25) is 24.6 Å². The highest BCUT2D eigenvalue weighted by atomic mass is 35.5. The molecule has 0 aliphatic carbocycles. The fourth-order valence-corrected chi connectivity index (χ4v) is 2.51. The van der Waals surface area contributed by atoms with Crippen LogP contribution in [0.25, 0.3) is 0 Å². The zero-order valence-electron chi connectivity index (χ0n) is 11.7. The van der Waals surface area contributed by atoms with E-state index in [-0.39, 0.29) is 28.1 Å². The number of likely N-dealkylation sites (tertiary alicyclic amines) is 1. The van der Waals surface area contributed by atoms with Crippen LogP contribution in [0.3, 0.4) is 0 Å². The highest BCUT2D eigenvalue weighted by Gasteiger charge is 2.36. The molecular formula is C14H15ClN2O4. The number of hydrogen-bond acceptors (Lipinski definition) is 4. The summed E-state index contributed by atoms with van der Waals surface area (Å²) in [5.41, 5.74) is -0.238. The van der Waals surface area contributed by atoms with Gasteiger partial charge in [-0.15, -0.1) is 0 Å². The summed E-state index contributed by atoms with van der Waals surface area (Å²) in [6, 6.07) is 3.81. The molecule has 1 aromatic carbocycles. The van der Waals surface area contributed by atoms with Gasteiger partial charge in [-0.2, -0.15) is 0 Å². The van der Waals surface area contributed by atoms with Crippen molar-refractivity contribution < 1.29 is 14.5 Å². The van der Waals surface area contributed by atoms with Crippen LogP contribution in [-0.4, -0.2) is 28.2 Å². The Labute approximate surface area is 126 Å². The van der Waals surface area contributed by atoms with Crippen molar-refractivity contribution >= 4 is 29.1 Å². The van der Waals surface area contributed by atoms with E-state index < -0.39 is 10.8 Å². The van der Waals surface area contributed by atoms with Crippen LogP contribution in [0.15, 0.2) is 18.2 Å². The number of halogens is 1. The molecule has 0 spiro atoms. The Balaban J connectivity index is 2.27. The van der Waals surface area contributed by atoms with Gasteiger partial charge in [0.1, 0.15) is 5.02 Å². The minimum Gasteiger partial charge on any atom is -0.278 e. The van der Waals surface area contributed by atoms with Crippen molar-refractivity contribution in [1.29, 1.82) is 0 Å². The molecule has 112 valence electrons. The highest BCUT2D eigenvalue weighted by molar-refractivity contribution is 6.32. The normalized spacial score (nSPS) is 18.4. The van der Waals surface area contributed by atoms with Gasteiger partial charge in [0.25, 0.3) is 11.6 Å². The standard InChI is InChI=1S/C14H15ClN2O4/c1-8(2)10-6-13(18)16(7-10)14(19)9-3-4-11(15)12(5-9)17(20)21/h3-5,8,10H,6-7H2,1-2H3. The second-order valence-corrected chi connectivity index (χ2v) is 5.85. The summed E-state index contributed by atoms with van der Waals surface area (Å²) in [5, 5.41) is 10.8. The molecule has 2 amide bonds. The number of benzene rings is 1. The Morgan fingerprint density at radius 2 is 2.14 bits per heavy atom. The van der Waals surface area contributed by atoms with Crippen LogP contribution in [-0.2, 0) is 4.79 Å². The average Bonchev–Trinajstić information content (AvgIpc) is 2.80. The summed E-state index contributed by atoms with van der Waals surface area (Å²) in [7, 11) is 0. The molecule has 1 aliphatic rings. The van der Waals surface area contributed by atoms with Crippen molar-refractivity contribution in [1.82, 2.24) is 4.90 Å². The van der Waals surface area contributed by atoms with Crippen molar-refractivity contribution in [3.63, 3.8) is 0 Å². The van der Waals surface area contributed by atoms with Crippen molar-refractivity contribution in [2.75, 3.05) is 6.54 Å². The van der Waals surface area contributed by atoms with E-state index in [0.29, 0.717) is 18.9 Å². The summed E-state index contributed by atoms with van der Waals surface area (Å²) >= 11 is 5.72. The second kappa shape index (κ2) is 5.81. The topological polar surface area (TPSA) is 80.5 Å². The molecule has 0 radical (unpaired) electrons. The molecule has 0 N–H and O–H groups in total. The number of rotatable bonds is 3. The summed E-state index contributed by atoms with van der Waals surface area (Å²) in [6.07, 6.45) is 0.332. The molecule has 6 nitrogen and oxygen atoms in total. The highest BCUT2D eigenvalue weighted by Crippen LogP contribution is 2.29. The van der Waals surface area contributed by atoms with Crippen molar-refractivity contribution in [3.8, 4) is 0 Å². The van der Waals surface area contributed by atoms with Gasteiger partial charge in [-0.1, -0.05) is 25.4 Å². The minimum atomic E-state index is -0.651. The van der Waals surface area contributed by atoms with Gasteiger partial charge in [0.05, 0.1) is 4.92 Å². The van der Waals surface area contributed by atoms with Gasteiger partial charge in [0, 0.05) is 24.6 Å².